The van der Waals surface area contributed by atoms with Gasteiger partial charge in [0.05, 0.1) is 15.4 Å². The Morgan fingerprint density at radius 1 is 1.27 bits per heavy atom. The predicted octanol–water partition coefficient (Wildman–Crippen LogP) is 4.91. The van der Waals surface area contributed by atoms with Crippen molar-refractivity contribution >= 4 is 45.0 Å². The minimum Gasteiger partial charge on any atom is -0.322 e. The molecule has 3 aromatic rings. The Kier molecular flexibility index (Phi) is 6.12. The number of nitrogens with zero attached hydrogens (tertiary/aromatic N) is 4. The molecule has 0 bridgehead atoms. The lowest BCUT2D eigenvalue weighted by molar-refractivity contribution is -0.387. The van der Waals surface area contributed by atoms with Gasteiger partial charge in [0.1, 0.15) is 6.33 Å². The van der Waals surface area contributed by atoms with Crippen LogP contribution in [0.2, 0.25) is 0 Å². The van der Waals surface area contributed by atoms with E-state index in [0.29, 0.717) is 5.16 Å². The first-order valence-corrected chi connectivity index (χ1v) is 9.65. The van der Waals surface area contributed by atoms with Gasteiger partial charge in [-0.15, -0.1) is 10.2 Å². The molecule has 0 saturated carbocycles. The summed E-state index contributed by atoms with van der Waals surface area (Å²) >= 11 is 3.81. The van der Waals surface area contributed by atoms with Crippen LogP contribution < -0.4 is 5.32 Å². The van der Waals surface area contributed by atoms with Crippen molar-refractivity contribution in [1.82, 2.24) is 14.8 Å². The Hall–Kier alpha value is -2.93. The molecule has 13 heteroatoms. The molecule has 0 radical (unpaired) electrons. The maximum absolute atomic E-state index is 13.0. The zero-order chi connectivity index (χ0) is 22.1. The Bertz CT molecular complexity index is 1140. The molecule has 0 atom stereocenters. The van der Waals surface area contributed by atoms with Crippen molar-refractivity contribution in [3.63, 3.8) is 0 Å². The van der Waals surface area contributed by atoms with Crippen LogP contribution in [0.1, 0.15) is 15.9 Å². The highest BCUT2D eigenvalue weighted by molar-refractivity contribution is 9.10. The normalized spacial score (nSPS) is 11.4. The van der Waals surface area contributed by atoms with Crippen molar-refractivity contribution in [2.24, 2.45) is 7.05 Å². The second-order valence-corrected chi connectivity index (χ2v) is 7.78. The number of alkyl halides is 3. The molecule has 1 amide bonds. The van der Waals surface area contributed by atoms with Crippen molar-refractivity contribution in [2.75, 3.05) is 5.32 Å². The number of aryl methyl sites for hydroxylation is 1. The fraction of sp³-hybridized carbons (Fsp3) is 0.118. The number of anilines is 1. The Morgan fingerprint density at radius 3 is 2.60 bits per heavy atom. The predicted molar refractivity (Wildman–Crippen MR) is 105 cm³/mol. The van der Waals surface area contributed by atoms with Gasteiger partial charge in [0, 0.05) is 28.8 Å². The van der Waals surface area contributed by atoms with E-state index in [2.05, 4.69) is 31.4 Å². The number of benzene rings is 2. The summed E-state index contributed by atoms with van der Waals surface area (Å²) < 4.78 is 40.5. The van der Waals surface area contributed by atoms with Gasteiger partial charge in [-0.2, -0.15) is 13.2 Å². The van der Waals surface area contributed by atoms with Crippen molar-refractivity contribution in [3.8, 4) is 0 Å². The van der Waals surface area contributed by atoms with E-state index < -0.39 is 22.6 Å². The lowest BCUT2D eigenvalue weighted by Crippen LogP contribution is -2.14. The molecular weight excluding hydrogens is 491 g/mol. The second kappa shape index (κ2) is 8.44. The Labute approximate surface area is 179 Å². The van der Waals surface area contributed by atoms with Crippen molar-refractivity contribution in [3.05, 3.63) is 68.4 Å². The maximum Gasteiger partial charge on any atom is 0.417 e. The molecule has 3 rings (SSSR count). The largest absolute Gasteiger partial charge is 0.417 e. The number of hydrogen-bond acceptors (Lipinski definition) is 6. The first-order chi connectivity index (χ1) is 14.1. The highest BCUT2D eigenvalue weighted by atomic mass is 79.9. The summed E-state index contributed by atoms with van der Waals surface area (Å²) in [5.74, 6) is -0.788. The van der Waals surface area contributed by atoms with Gasteiger partial charge >= 0.3 is 6.18 Å². The van der Waals surface area contributed by atoms with E-state index in [1.165, 1.54) is 24.5 Å². The Morgan fingerprint density at radius 2 is 2.00 bits per heavy atom. The van der Waals surface area contributed by atoms with Gasteiger partial charge in [-0.25, -0.2) is 0 Å². The lowest BCUT2D eigenvalue weighted by atomic mass is 10.1. The number of carbonyl (C=O) groups is 1. The van der Waals surface area contributed by atoms with Crippen LogP contribution in [-0.2, 0) is 13.2 Å². The summed E-state index contributed by atoms with van der Waals surface area (Å²) in [6.45, 7) is 0. The molecule has 0 aliphatic rings. The van der Waals surface area contributed by atoms with E-state index >= 15 is 0 Å². The number of aromatic nitrogens is 3. The third-order valence-electron chi connectivity index (χ3n) is 3.82. The van der Waals surface area contributed by atoms with Gasteiger partial charge in [-0.05, 0) is 42.1 Å². The number of nitro benzene ring substituents is 1. The highest BCUT2D eigenvalue weighted by Gasteiger charge is 2.33. The number of carbonyl (C=O) groups excluding carboxylic acids is 1. The van der Waals surface area contributed by atoms with Crippen molar-refractivity contribution in [2.45, 2.75) is 16.2 Å². The molecular formula is C17H11BrF3N5O3S. The zero-order valence-corrected chi connectivity index (χ0v) is 17.4. The Balaban J connectivity index is 1.87. The maximum atomic E-state index is 13.0. The molecule has 0 aliphatic carbocycles. The fourth-order valence-electron chi connectivity index (χ4n) is 2.37. The average Bonchev–Trinajstić information content (AvgIpc) is 3.07. The van der Waals surface area contributed by atoms with E-state index in [9.17, 15) is 28.1 Å². The first kappa shape index (κ1) is 21.8. The van der Waals surface area contributed by atoms with Crippen LogP contribution in [0.25, 0.3) is 0 Å². The van der Waals surface area contributed by atoms with E-state index in [-0.39, 0.29) is 26.3 Å². The van der Waals surface area contributed by atoms with Crippen LogP contribution in [0, 0.1) is 10.1 Å². The summed E-state index contributed by atoms with van der Waals surface area (Å²) in [6, 6.07) is 6.97. The van der Waals surface area contributed by atoms with Crippen LogP contribution in [0.3, 0.4) is 0 Å². The van der Waals surface area contributed by atoms with E-state index in [4.69, 9.17) is 0 Å². The molecule has 0 unspecified atom stereocenters. The van der Waals surface area contributed by atoms with Crippen LogP contribution in [0.5, 0.6) is 0 Å². The number of nitrogens with one attached hydrogen (secondary N) is 1. The molecule has 1 N–H and O–H groups in total. The SMILES string of the molecule is Cn1cnnc1Sc1ccc(C(=O)Nc2ccc(Br)c(C(F)(F)F)c2)cc1[N+](=O)[O-]. The number of hydrogen-bond donors (Lipinski definition) is 1. The summed E-state index contributed by atoms with van der Waals surface area (Å²) in [4.78, 5) is 23.5. The van der Waals surface area contributed by atoms with Gasteiger partial charge in [0.2, 0.25) is 0 Å². The van der Waals surface area contributed by atoms with Crippen molar-refractivity contribution < 1.29 is 22.9 Å². The van der Waals surface area contributed by atoms with E-state index in [1.807, 2.05) is 0 Å². The zero-order valence-electron chi connectivity index (χ0n) is 15.0. The average molecular weight is 502 g/mol. The van der Waals surface area contributed by atoms with Crippen LogP contribution in [0.4, 0.5) is 24.5 Å². The molecule has 8 nitrogen and oxygen atoms in total. The third-order valence-corrected chi connectivity index (χ3v) is 5.63. The van der Waals surface area contributed by atoms with Crippen molar-refractivity contribution in [1.29, 1.82) is 0 Å². The summed E-state index contributed by atoms with van der Waals surface area (Å²) in [5.41, 5.74) is -1.49. The van der Waals surface area contributed by atoms with Crippen LogP contribution in [0.15, 0.2) is 57.3 Å². The van der Waals surface area contributed by atoms with Gasteiger partial charge in [-0.1, -0.05) is 15.9 Å². The topological polar surface area (TPSA) is 103 Å². The molecule has 156 valence electrons. The van der Waals surface area contributed by atoms with Gasteiger partial charge in [-0.3, -0.25) is 14.9 Å². The third kappa shape index (κ3) is 4.79. The molecule has 1 heterocycles. The minimum absolute atomic E-state index is 0.0829. The van der Waals surface area contributed by atoms with Crippen LogP contribution >= 0.6 is 27.7 Å². The fourth-order valence-corrected chi connectivity index (χ4v) is 3.70. The molecule has 0 saturated heterocycles. The molecule has 30 heavy (non-hydrogen) atoms. The molecule has 2 aromatic carbocycles. The molecule has 0 aliphatic heterocycles. The van der Waals surface area contributed by atoms with Gasteiger partial charge in [0.25, 0.3) is 11.6 Å². The summed E-state index contributed by atoms with van der Waals surface area (Å²) in [6.07, 6.45) is -3.18. The lowest BCUT2D eigenvalue weighted by Gasteiger charge is -2.12. The second-order valence-electron chi connectivity index (χ2n) is 5.91. The number of halogens is 4. The van der Waals surface area contributed by atoms with Gasteiger partial charge in [0.15, 0.2) is 5.16 Å². The van der Waals surface area contributed by atoms with Gasteiger partial charge < -0.3 is 9.88 Å². The monoisotopic (exact) mass is 501 g/mol. The van der Waals surface area contributed by atoms with Crippen LogP contribution in [-0.4, -0.2) is 25.6 Å². The van der Waals surface area contributed by atoms with E-state index in [0.717, 1.165) is 30.0 Å². The summed E-state index contributed by atoms with van der Waals surface area (Å²) in [7, 11) is 1.67. The molecule has 0 spiro atoms. The smallest absolute Gasteiger partial charge is 0.322 e. The first-order valence-electron chi connectivity index (χ1n) is 8.04. The highest BCUT2D eigenvalue weighted by Crippen LogP contribution is 2.37. The number of rotatable bonds is 5. The standard InChI is InChI=1S/C17H11BrF3N5O3S/c1-25-8-22-24-16(25)30-14-5-2-9(6-13(14)26(28)29)15(27)23-10-3-4-12(18)11(7-10)17(19,20)21/h2-8H,1H3,(H,23,27). The molecule has 1 aromatic heterocycles. The van der Waals surface area contributed by atoms with E-state index in [1.54, 1.807) is 11.6 Å². The summed E-state index contributed by atoms with van der Waals surface area (Å²) in [5, 5.41) is 21.7. The number of nitro groups is 1. The molecule has 0 fully saturated rings. The number of amides is 1. The minimum atomic E-state index is -4.61. The quantitative estimate of drug-likeness (QED) is 0.393.